The van der Waals surface area contributed by atoms with Gasteiger partial charge in [0.2, 0.25) is 22.7 Å². The van der Waals surface area contributed by atoms with Crippen molar-refractivity contribution < 1.29 is 13.7 Å². The third-order valence-corrected chi connectivity index (χ3v) is 4.47. The number of nitrogen functional groups attached to an aromatic ring is 1. The Hall–Kier alpha value is -3.27. The smallest absolute Gasteiger partial charge is 0.237 e. The summed E-state index contributed by atoms with van der Waals surface area (Å²) >= 11 is 1.34. The summed E-state index contributed by atoms with van der Waals surface area (Å²) in [6, 6.07) is 10.9. The molecule has 26 heavy (non-hydrogen) atoms. The second kappa shape index (κ2) is 6.92. The average Bonchev–Trinajstić information content (AvgIpc) is 3.41. The van der Waals surface area contributed by atoms with Gasteiger partial charge in [-0.05, 0) is 36.4 Å². The lowest BCUT2D eigenvalue weighted by molar-refractivity contribution is 0.391. The fourth-order valence-electron chi connectivity index (χ4n) is 2.25. The minimum absolute atomic E-state index is 0.413. The molecule has 0 atom stereocenters. The summed E-state index contributed by atoms with van der Waals surface area (Å²) < 4.78 is 17.1. The predicted molar refractivity (Wildman–Crippen MR) is 93.7 cm³/mol. The summed E-state index contributed by atoms with van der Waals surface area (Å²) in [7, 11) is 1.62. The summed E-state index contributed by atoms with van der Waals surface area (Å²) in [4.78, 5) is 4.38. The van der Waals surface area contributed by atoms with E-state index in [0.29, 0.717) is 34.2 Å². The second-order valence-corrected chi connectivity index (χ2v) is 6.12. The van der Waals surface area contributed by atoms with E-state index in [0.717, 1.165) is 11.3 Å². The van der Waals surface area contributed by atoms with Crippen molar-refractivity contribution in [1.82, 2.24) is 25.0 Å². The molecule has 4 rings (SSSR count). The molecule has 0 bridgehead atoms. The van der Waals surface area contributed by atoms with Crippen LogP contribution in [-0.4, -0.2) is 32.1 Å². The van der Waals surface area contributed by atoms with Crippen LogP contribution in [0, 0.1) is 0 Å². The maximum atomic E-state index is 6.01. The fraction of sp³-hybridized carbons (Fsp3) is 0.125. The summed E-state index contributed by atoms with van der Waals surface area (Å²) in [5, 5.41) is 12.6. The molecule has 3 heterocycles. The fourth-order valence-corrected chi connectivity index (χ4v) is 2.94. The zero-order valence-corrected chi connectivity index (χ0v) is 14.5. The molecular weight excluding hydrogens is 356 g/mol. The van der Waals surface area contributed by atoms with Crippen molar-refractivity contribution in [2.45, 2.75) is 10.9 Å². The van der Waals surface area contributed by atoms with E-state index in [-0.39, 0.29) is 0 Å². The Bertz CT molecular complexity index is 994. The van der Waals surface area contributed by atoms with Gasteiger partial charge >= 0.3 is 0 Å². The molecule has 0 fully saturated rings. The Labute approximate surface area is 152 Å². The predicted octanol–water partition coefficient (Wildman–Crippen LogP) is 2.60. The van der Waals surface area contributed by atoms with Crippen molar-refractivity contribution in [3.63, 3.8) is 0 Å². The number of furan rings is 1. The van der Waals surface area contributed by atoms with E-state index in [1.165, 1.54) is 16.4 Å². The molecule has 132 valence electrons. The molecule has 1 aromatic carbocycles. The molecular formula is C16H14N6O3S. The van der Waals surface area contributed by atoms with Crippen molar-refractivity contribution in [2.24, 2.45) is 0 Å². The molecule has 0 aliphatic rings. The highest BCUT2D eigenvalue weighted by molar-refractivity contribution is 7.98. The first kappa shape index (κ1) is 16.2. The first-order valence-corrected chi connectivity index (χ1v) is 8.57. The van der Waals surface area contributed by atoms with Crippen molar-refractivity contribution in [3.05, 3.63) is 48.6 Å². The van der Waals surface area contributed by atoms with Crippen LogP contribution in [-0.2, 0) is 5.75 Å². The molecule has 0 radical (unpaired) electrons. The SMILES string of the molecule is COc1ccc(-c2noc(CSc3nnc(-c4ccco4)n3N)n2)cc1. The van der Waals surface area contributed by atoms with E-state index in [9.17, 15) is 0 Å². The van der Waals surface area contributed by atoms with Crippen molar-refractivity contribution >= 4 is 11.8 Å². The van der Waals surface area contributed by atoms with Crippen LogP contribution in [0.25, 0.3) is 23.0 Å². The summed E-state index contributed by atoms with van der Waals surface area (Å²) in [5.74, 6) is 9.16. The Morgan fingerprint density at radius 2 is 2.04 bits per heavy atom. The van der Waals surface area contributed by atoms with Crippen LogP contribution < -0.4 is 10.6 Å². The molecule has 0 saturated heterocycles. The molecule has 4 aromatic rings. The van der Waals surface area contributed by atoms with Gasteiger partial charge in [-0.25, -0.2) is 4.68 Å². The number of benzene rings is 1. The van der Waals surface area contributed by atoms with Crippen molar-refractivity contribution in [1.29, 1.82) is 0 Å². The number of hydrogen-bond acceptors (Lipinski definition) is 9. The number of thioether (sulfide) groups is 1. The van der Waals surface area contributed by atoms with Gasteiger partial charge in [0, 0.05) is 5.56 Å². The highest BCUT2D eigenvalue weighted by Gasteiger charge is 2.16. The molecule has 0 amide bonds. The third kappa shape index (κ3) is 3.14. The number of ether oxygens (including phenoxy) is 1. The van der Waals surface area contributed by atoms with Crippen molar-refractivity contribution in [2.75, 3.05) is 13.0 Å². The van der Waals surface area contributed by atoms with E-state index in [1.807, 2.05) is 24.3 Å². The first-order chi connectivity index (χ1) is 12.7. The maximum absolute atomic E-state index is 6.01. The molecule has 0 aliphatic heterocycles. The van der Waals surface area contributed by atoms with Crippen molar-refractivity contribution in [3.8, 4) is 28.7 Å². The molecule has 10 heteroatoms. The Morgan fingerprint density at radius 3 is 2.77 bits per heavy atom. The van der Waals surface area contributed by atoms with E-state index < -0.39 is 0 Å². The van der Waals surface area contributed by atoms with E-state index in [1.54, 1.807) is 25.5 Å². The summed E-state index contributed by atoms with van der Waals surface area (Å²) in [6.07, 6.45) is 1.55. The average molecular weight is 370 g/mol. The standard InChI is InChI=1S/C16H14N6O3S/c1-23-11-6-4-10(5-7-11)14-18-13(25-21-14)9-26-16-20-19-15(22(16)17)12-3-2-8-24-12/h2-8H,9,17H2,1H3. The highest BCUT2D eigenvalue weighted by atomic mass is 32.2. The van der Waals surface area contributed by atoms with Gasteiger partial charge in [-0.3, -0.25) is 0 Å². The number of rotatable bonds is 6. The summed E-state index contributed by atoms with van der Waals surface area (Å²) in [5.41, 5.74) is 0.841. The number of nitrogens with zero attached hydrogens (tertiary/aromatic N) is 5. The number of nitrogens with two attached hydrogens (primary N) is 1. The minimum atomic E-state index is 0.413. The van der Waals surface area contributed by atoms with Crippen LogP contribution in [0.15, 0.2) is 56.8 Å². The molecule has 0 saturated carbocycles. The minimum Gasteiger partial charge on any atom is -0.497 e. The lowest BCUT2D eigenvalue weighted by atomic mass is 10.2. The van der Waals surface area contributed by atoms with Gasteiger partial charge in [0.25, 0.3) is 0 Å². The van der Waals surface area contributed by atoms with Crippen LogP contribution in [0.2, 0.25) is 0 Å². The molecule has 0 aliphatic carbocycles. The Kier molecular flexibility index (Phi) is 4.32. The van der Waals surface area contributed by atoms with Gasteiger partial charge in [0.1, 0.15) is 5.75 Å². The molecule has 3 aromatic heterocycles. The first-order valence-electron chi connectivity index (χ1n) is 7.59. The monoisotopic (exact) mass is 370 g/mol. The normalized spacial score (nSPS) is 11.0. The summed E-state index contributed by atoms with van der Waals surface area (Å²) in [6.45, 7) is 0. The lowest BCUT2D eigenvalue weighted by Crippen LogP contribution is -2.11. The maximum Gasteiger partial charge on any atom is 0.237 e. The number of aromatic nitrogens is 5. The zero-order chi connectivity index (χ0) is 17.9. The second-order valence-electron chi connectivity index (χ2n) is 5.18. The molecule has 2 N–H and O–H groups in total. The van der Waals surface area contributed by atoms with Gasteiger partial charge in [-0.2, -0.15) is 4.98 Å². The van der Waals surface area contributed by atoms with Gasteiger partial charge in [0.05, 0.1) is 19.1 Å². The largest absolute Gasteiger partial charge is 0.497 e. The third-order valence-electron chi connectivity index (χ3n) is 3.55. The van der Waals surface area contributed by atoms with Crippen LogP contribution >= 0.6 is 11.8 Å². The van der Waals surface area contributed by atoms with Crippen LogP contribution in [0.3, 0.4) is 0 Å². The van der Waals surface area contributed by atoms with Crippen LogP contribution in [0.4, 0.5) is 0 Å². The van der Waals surface area contributed by atoms with Gasteiger partial charge in [0.15, 0.2) is 5.76 Å². The van der Waals surface area contributed by atoms with Gasteiger partial charge in [-0.1, -0.05) is 16.9 Å². The molecule has 0 spiro atoms. The quantitative estimate of drug-likeness (QED) is 0.403. The number of hydrogen-bond donors (Lipinski definition) is 1. The zero-order valence-electron chi connectivity index (χ0n) is 13.7. The molecule has 9 nitrogen and oxygen atoms in total. The van der Waals surface area contributed by atoms with Gasteiger partial charge in [-0.15, -0.1) is 10.2 Å². The van der Waals surface area contributed by atoms with E-state index in [2.05, 4.69) is 20.3 Å². The number of methoxy groups -OCH3 is 1. The molecule has 0 unspecified atom stereocenters. The lowest BCUT2D eigenvalue weighted by Gasteiger charge is -2.00. The van der Waals surface area contributed by atoms with Gasteiger partial charge < -0.3 is 19.5 Å². The van der Waals surface area contributed by atoms with Crippen LogP contribution in [0.1, 0.15) is 5.89 Å². The highest BCUT2D eigenvalue weighted by Crippen LogP contribution is 2.25. The Balaban J connectivity index is 1.45. The van der Waals surface area contributed by atoms with E-state index in [4.69, 9.17) is 19.5 Å². The van der Waals surface area contributed by atoms with Crippen LogP contribution in [0.5, 0.6) is 5.75 Å². The topological polar surface area (TPSA) is 118 Å². The Morgan fingerprint density at radius 1 is 1.19 bits per heavy atom. The van der Waals surface area contributed by atoms with E-state index >= 15 is 0 Å².